The molecule has 1 atom stereocenters. The Morgan fingerprint density at radius 3 is 2.71 bits per heavy atom. The van der Waals surface area contributed by atoms with Crippen molar-refractivity contribution in [2.45, 2.75) is 19.4 Å². The smallest absolute Gasteiger partial charge is 0.177 e. The Labute approximate surface area is 121 Å². The Kier molecular flexibility index (Phi) is 3.23. The topological polar surface area (TPSA) is 108 Å². The van der Waals surface area contributed by atoms with Crippen LogP contribution in [0.3, 0.4) is 0 Å². The Morgan fingerprint density at radius 2 is 1.95 bits per heavy atom. The third-order valence-corrected chi connectivity index (χ3v) is 3.35. The average Bonchev–Trinajstić information content (AvgIpc) is 2.86. The minimum atomic E-state index is -0.344. The number of pyridine rings is 1. The highest BCUT2D eigenvalue weighted by atomic mass is 16.3. The third kappa shape index (κ3) is 2.66. The van der Waals surface area contributed by atoms with Crippen molar-refractivity contribution in [2.24, 2.45) is 5.73 Å². The molecule has 0 aliphatic rings. The van der Waals surface area contributed by atoms with E-state index in [2.05, 4.69) is 15.0 Å². The molecule has 0 aliphatic carbocycles. The zero-order valence-corrected chi connectivity index (χ0v) is 11.5. The van der Waals surface area contributed by atoms with Crippen molar-refractivity contribution >= 4 is 11.2 Å². The standard InChI is InChI=1S/C15H16N4O2/c1-8-2-4-11-15(17-8)19-14(18-11)10(16)6-9-3-5-12(20)13(21)7-9/h2-5,7,10,20-21H,6,16H2,1H3,(H,17,18,19). The molecule has 5 N–H and O–H groups in total. The lowest BCUT2D eigenvalue weighted by Crippen LogP contribution is -2.14. The summed E-state index contributed by atoms with van der Waals surface area (Å²) in [6.07, 6.45) is 0.493. The van der Waals surface area contributed by atoms with Crippen molar-refractivity contribution in [3.05, 3.63) is 47.4 Å². The van der Waals surface area contributed by atoms with Crippen molar-refractivity contribution in [3.63, 3.8) is 0 Å². The van der Waals surface area contributed by atoms with Crippen LogP contribution in [-0.4, -0.2) is 25.2 Å². The van der Waals surface area contributed by atoms with Gasteiger partial charge in [-0.2, -0.15) is 0 Å². The molecule has 2 heterocycles. The number of hydrogen-bond acceptors (Lipinski definition) is 5. The van der Waals surface area contributed by atoms with Crippen molar-refractivity contribution in [1.29, 1.82) is 0 Å². The van der Waals surface area contributed by atoms with E-state index in [0.29, 0.717) is 17.9 Å². The number of imidazole rings is 1. The van der Waals surface area contributed by atoms with Crippen LogP contribution < -0.4 is 5.73 Å². The van der Waals surface area contributed by atoms with Gasteiger partial charge in [0.05, 0.1) is 11.6 Å². The predicted octanol–water partition coefficient (Wildman–Crippen LogP) is 1.92. The first-order chi connectivity index (χ1) is 10.0. The monoisotopic (exact) mass is 284 g/mol. The number of phenols is 2. The Morgan fingerprint density at radius 1 is 1.14 bits per heavy atom. The minimum absolute atomic E-state index is 0.143. The van der Waals surface area contributed by atoms with E-state index in [1.54, 1.807) is 6.07 Å². The molecule has 0 fully saturated rings. The van der Waals surface area contributed by atoms with Crippen LogP contribution in [0.2, 0.25) is 0 Å². The number of benzene rings is 1. The second kappa shape index (κ2) is 5.06. The van der Waals surface area contributed by atoms with Crippen molar-refractivity contribution in [2.75, 3.05) is 0 Å². The van der Waals surface area contributed by atoms with Gasteiger partial charge in [-0.15, -0.1) is 0 Å². The molecular formula is C15H16N4O2. The molecule has 6 nitrogen and oxygen atoms in total. The number of nitrogens with one attached hydrogen (secondary N) is 1. The molecule has 108 valence electrons. The summed E-state index contributed by atoms with van der Waals surface area (Å²) in [6, 6.07) is 8.16. The summed E-state index contributed by atoms with van der Waals surface area (Å²) in [7, 11) is 0. The van der Waals surface area contributed by atoms with Crippen LogP contribution in [0.25, 0.3) is 11.2 Å². The van der Waals surface area contributed by atoms with Crippen molar-refractivity contribution in [1.82, 2.24) is 15.0 Å². The fraction of sp³-hybridized carbons (Fsp3) is 0.200. The number of aromatic hydroxyl groups is 2. The predicted molar refractivity (Wildman–Crippen MR) is 79.0 cm³/mol. The average molecular weight is 284 g/mol. The normalized spacial score (nSPS) is 12.7. The van der Waals surface area contributed by atoms with Crippen molar-refractivity contribution < 1.29 is 10.2 Å². The molecule has 1 aromatic carbocycles. The van der Waals surface area contributed by atoms with E-state index < -0.39 is 0 Å². The first kappa shape index (κ1) is 13.4. The molecule has 3 rings (SSSR count). The second-order valence-electron chi connectivity index (χ2n) is 5.08. The molecule has 21 heavy (non-hydrogen) atoms. The largest absolute Gasteiger partial charge is 0.504 e. The summed E-state index contributed by atoms with van der Waals surface area (Å²) in [6.45, 7) is 1.91. The van der Waals surface area contributed by atoms with E-state index >= 15 is 0 Å². The lowest BCUT2D eigenvalue weighted by molar-refractivity contribution is 0.403. The number of phenolic OH excluding ortho intramolecular Hbond substituents is 2. The molecule has 0 bridgehead atoms. The van der Waals surface area contributed by atoms with Gasteiger partial charge >= 0.3 is 0 Å². The summed E-state index contributed by atoms with van der Waals surface area (Å²) < 4.78 is 0. The number of aromatic amines is 1. The van der Waals surface area contributed by atoms with E-state index in [0.717, 1.165) is 16.8 Å². The highest BCUT2D eigenvalue weighted by molar-refractivity contribution is 5.70. The molecule has 0 saturated carbocycles. The number of rotatable bonds is 3. The summed E-state index contributed by atoms with van der Waals surface area (Å²) in [5, 5.41) is 18.8. The summed E-state index contributed by atoms with van der Waals surface area (Å²) in [5.41, 5.74) is 9.37. The molecule has 0 aliphatic heterocycles. The third-order valence-electron chi connectivity index (χ3n) is 3.35. The van der Waals surface area contributed by atoms with E-state index in [1.165, 1.54) is 12.1 Å². The molecule has 6 heteroatoms. The van der Waals surface area contributed by atoms with Crippen LogP contribution in [0.1, 0.15) is 23.1 Å². The number of aryl methyl sites for hydroxylation is 1. The quantitative estimate of drug-likeness (QED) is 0.549. The summed E-state index contributed by atoms with van der Waals surface area (Å²) in [5.74, 6) is 0.355. The molecule has 0 amide bonds. The molecule has 0 spiro atoms. The molecule has 2 aromatic heterocycles. The fourth-order valence-electron chi connectivity index (χ4n) is 2.23. The van der Waals surface area contributed by atoms with Gasteiger partial charge in [0.1, 0.15) is 5.82 Å². The van der Waals surface area contributed by atoms with Gasteiger partial charge in [0.15, 0.2) is 17.1 Å². The highest BCUT2D eigenvalue weighted by Crippen LogP contribution is 2.26. The first-order valence-electron chi connectivity index (χ1n) is 6.62. The highest BCUT2D eigenvalue weighted by Gasteiger charge is 2.13. The molecule has 0 saturated heterocycles. The number of aromatic nitrogens is 3. The summed E-state index contributed by atoms with van der Waals surface area (Å²) >= 11 is 0. The van der Waals surface area contributed by atoms with Crippen LogP contribution in [0.5, 0.6) is 11.5 Å². The van der Waals surface area contributed by atoms with Gasteiger partial charge in [0.25, 0.3) is 0 Å². The number of H-pyrrole nitrogens is 1. The maximum absolute atomic E-state index is 9.50. The number of nitrogens with zero attached hydrogens (tertiary/aromatic N) is 2. The zero-order chi connectivity index (χ0) is 15.0. The van der Waals surface area contributed by atoms with Gasteiger partial charge in [0, 0.05) is 5.69 Å². The van der Waals surface area contributed by atoms with Crippen molar-refractivity contribution in [3.8, 4) is 11.5 Å². The lowest BCUT2D eigenvalue weighted by Gasteiger charge is -2.09. The van der Waals surface area contributed by atoms with E-state index in [9.17, 15) is 10.2 Å². The number of nitrogens with two attached hydrogens (primary N) is 1. The van der Waals surface area contributed by atoms with Crippen LogP contribution in [0, 0.1) is 6.92 Å². The molecule has 0 radical (unpaired) electrons. The van der Waals surface area contributed by atoms with Gasteiger partial charge < -0.3 is 20.9 Å². The first-order valence-corrected chi connectivity index (χ1v) is 6.62. The van der Waals surface area contributed by atoms with E-state index in [-0.39, 0.29) is 17.5 Å². The van der Waals surface area contributed by atoms with Crippen LogP contribution in [0.4, 0.5) is 0 Å². The van der Waals surface area contributed by atoms with Gasteiger partial charge in [-0.1, -0.05) is 6.07 Å². The maximum Gasteiger partial charge on any atom is 0.177 e. The number of hydrogen-bond donors (Lipinski definition) is 4. The van der Waals surface area contributed by atoms with Gasteiger partial charge in [-0.05, 0) is 43.2 Å². The van der Waals surface area contributed by atoms with E-state index in [4.69, 9.17) is 5.73 Å². The van der Waals surface area contributed by atoms with Crippen LogP contribution in [-0.2, 0) is 6.42 Å². The van der Waals surface area contributed by atoms with Gasteiger partial charge in [-0.3, -0.25) is 0 Å². The van der Waals surface area contributed by atoms with E-state index in [1.807, 2.05) is 19.1 Å². The van der Waals surface area contributed by atoms with Gasteiger partial charge in [-0.25, -0.2) is 9.97 Å². The summed E-state index contributed by atoms with van der Waals surface area (Å²) in [4.78, 5) is 11.9. The van der Waals surface area contributed by atoms with Crippen LogP contribution >= 0.6 is 0 Å². The maximum atomic E-state index is 9.50. The minimum Gasteiger partial charge on any atom is -0.504 e. The number of fused-ring (bicyclic) bond motifs is 1. The SMILES string of the molecule is Cc1ccc2[nH]c(C(N)Cc3ccc(O)c(O)c3)nc2n1. The molecule has 3 aromatic rings. The molecule has 1 unspecified atom stereocenters. The lowest BCUT2D eigenvalue weighted by atomic mass is 10.1. The Balaban J connectivity index is 1.85. The molecular weight excluding hydrogens is 268 g/mol. The van der Waals surface area contributed by atoms with Crippen LogP contribution in [0.15, 0.2) is 30.3 Å². The second-order valence-corrected chi connectivity index (χ2v) is 5.08. The van der Waals surface area contributed by atoms with Gasteiger partial charge in [0.2, 0.25) is 0 Å². The fourth-order valence-corrected chi connectivity index (χ4v) is 2.23. The Hall–Kier alpha value is -2.60. The Bertz CT molecular complexity index is 797. The zero-order valence-electron chi connectivity index (χ0n) is 11.5.